The molecule has 2 aromatic carbocycles. The van der Waals surface area contributed by atoms with Gasteiger partial charge in [-0.15, -0.1) is 0 Å². The molecule has 0 aliphatic heterocycles. The summed E-state index contributed by atoms with van der Waals surface area (Å²) in [5.74, 6) is 1.92. The molecule has 0 radical (unpaired) electrons. The van der Waals surface area contributed by atoms with Crippen molar-refractivity contribution in [3.63, 3.8) is 0 Å². The molecule has 0 atom stereocenters. The van der Waals surface area contributed by atoms with Crippen molar-refractivity contribution in [3.05, 3.63) is 82.3 Å². The molecule has 0 spiro atoms. The van der Waals surface area contributed by atoms with Crippen molar-refractivity contribution in [3.8, 4) is 0 Å². The molecular weight excluding hydrogens is 456 g/mol. The minimum atomic E-state index is -3.97. The maximum Gasteiger partial charge on any atom is 0.263 e. The molecule has 0 aliphatic carbocycles. The Morgan fingerprint density at radius 1 is 1.13 bits per heavy atom. The van der Waals surface area contributed by atoms with Gasteiger partial charge in [-0.1, -0.05) is 23.7 Å². The first-order valence-corrected chi connectivity index (χ1v) is 12.6. The number of benzene rings is 2. The van der Waals surface area contributed by atoms with E-state index in [2.05, 4.69) is 10.0 Å². The number of halogens is 1. The summed E-state index contributed by atoms with van der Waals surface area (Å²) >= 11 is 7.78. The largest absolute Gasteiger partial charge is 0.468 e. The number of thioether (sulfide) groups is 1. The first-order chi connectivity index (χ1) is 14.8. The van der Waals surface area contributed by atoms with Crippen LogP contribution in [0, 0.1) is 13.8 Å². The van der Waals surface area contributed by atoms with Crippen LogP contribution in [0.5, 0.6) is 0 Å². The average Bonchev–Trinajstić information content (AvgIpc) is 3.24. The van der Waals surface area contributed by atoms with Crippen LogP contribution in [0.4, 0.5) is 5.69 Å². The van der Waals surface area contributed by atoms with Gasteiger partial charge in [-0.2, -0.15) is 11.8 Å². The van der Waals surface area contributed by atoms with Gasteiger partial charge in [0.05, 0.1) is 22.7 Å². The Morgan fingerprint density at radius 2 is 1.94 bits per heavy atom. The van der Waals surface area contributed by atoms with Crippen LogP contribution in [0.15, 0.2) is 64.1 Å². The minimum absolute atomic E-state index is 0.0448. The Labute approximate surface area is 191 Å². The lowest BCUT2D eigenvalue weighted by Crippen LogP contribution is -2.26. The highest BCUT2D eigenvalue weighted by Crippen LogP contribution is 2.27. The zero-order valence-corrected chi connectivity index (χ0v) is 19.5. The summed E-state index contributed by atoms with van der Waals surface area (Å²) < 4.78 is 33.7. The number of aryl methyl sites for hydroxylation is 1. The molecular formula is C22H23ClN2O4S2. The van der Waals surface area contributed by atoms with E-state index in [0.29, 0.717) is 18.0 Å². The van der Waals surface area contributed by atoms with Crippen molar-refractivity contribution in [2.45, 2.75) is 24.5 Å². The summed E-state index contributed by atoms with van der Waals surface area (Å²) in [6, 6.07) is 13.3. The van der Waals surface area contributed by atoms with Crippen LogP contribution >= 0.6 is 23.4 Å². The van der Waals surface area contributed by atoms with Gasteiger partial charge in [-0.25, -0.2) is 8.42 Å². The number of amides is 1. The fraction of sp³-hybridized carbons (Fsp3) is 0.227. The first kappa shape index (κ1) is 23.2. The van der Waals surface area contributed by atoms with E-state index in [4.69, 9.17) is 16.0 Å². The van der Waals surface area contributed by atoms with Crippen LogP contribution in [0.3, 0.4) is 0 Å². The van der Waals surface area contributed by atoms with Crippen LogP contribution in [0.2, 0.25) is 5.02 Å². The Balaban J connectivity index is 1.65. The smallest absolute Gasteiger partial charge is 0.263 e. The summed E-state index contributed by atoms with van der Waals surface area (Å²) in [6.07, 6.45) is 1.62. The fourth-order valence-electron chi connectivity index (χ4n) is 2.82. The summed E-state index contributed by atoms with van der Waals surface area (Å²) in [5, 5.41) is 2.84. The number of furan rings is 1. The summed E-state index contributed by atoms with van der Waals surface area (Å²) in [7, 11) is -3.97. The highest BCUT2D eigenvalue weighted by molar-refractivity contribution is 7.98. The normalized spacial score (nSPS) is 11.3. The molecule has 2 N–H and O–H groups in total. The third-order valence-corrected chi connectivity index (χ3v) is 7.52. The molecule has 164 valence electrons. The van der Waals surface area contributed by atoms with Gasteiger partial charge in [0.25, 0.3) is 15.9 Å². The van der Waals surface area contributed by atoms with E-state index in [1.165, 1.54) is 18.2 Å². The molecule has 0 saturated heterocycles. The number of anilines is 1. The summed E-state index contributed by atoms with van der Waals surface area (Å²) in [5.41, 5.74) is 2.48. The quantitative estimate of drug-likeness (QED) is 0.422. The van der Waals surface area contributed by atoms with E-state index < -0.39 is 10.0 Å². The summed E-state index contributed by atoms with van der Waals surface area (Å²) in [4.78, 5) is 12.3. The van der Waals surface area contributed by atoms with E-state index in [-0.39, 0.29) is 21.4 Å². The van der Waals surface area contributed by atoms with Crippen molar-refractivity contribution >= 4 is 45.0 Å². The number of hydrogen-bond donors (Lipinski definition) is 2. The predicted octanol–water partition coefficient (Wildman–Crippen LogP) is 5.01. The molecule has 9 heteroatoms. The van der Waals surface area contributed by atoms with Gasteiger partial charge in [0, 0.05) is 17.9 Å². The minimum Gasteiger partial charge on any atom is -0.468 e. The average molecular weight is 479 g/mol. The molecule has 0 saturated carbocycles. The van der Waals surface area contributed by atoms with Gasteiger partial charge >= 0.3 is 0 Å². The van der Waals surface area contributed by atoms with E-state index in [9.17, 15) is 13.2 Å². The standard InChI is InChI=1S/C22H23ClN2O4S2/c1-15-5-3-7-20(16(15)2)25-31(27,28)21-13-17(8-9-19(21)23)22(26)24-10-12-30-14-18-6-4-11-29-18/h3-9,11,13,25H,10,12,14H2,1-2H3,(H,24,26). The first-order valence-electron chi connectivity index (χ1n) is 9.55. The van der Waals surface area contributed by atoms with Crippen LogP contribution in [-0.4, -0.2) is 26.6 Å². The van der Waals surface area contributed by atoms with E-state index in [1.54, 1.807) is 30.2 Å². The van der Waals surface area contributed by atoms with Gasteiger partial charge in [0.1, 0.15) is 10.7 Å². The number of rotatable bonds is 9. The maximum absolute atomic E-state index is 12.9. The molecule has 3 aromatic rings. The third kappa shape index (κ3) is 6.06. The Hall–Kier alpha value is -2.42. The van der Waals surface area contributed by atoms with Gasteiger partial charge in [0.2, 0.25) is 0 Å². The summed E-state index contributed by atoms with van der Waals surface area (Å²) in [6.45, 7) is 4.18. The van der Waals surface area contributed by atoms with E-state index in [1.807, 2.05) is 32.0 Å². The molecule has 3 rings (SSSR count). The zero-order valence-electron chi connectivity index (χ0n) is 17.1. The molecule has 0 fully saturated rings. The molecule has 1 aromatic heterocycles. The van der Waals surface area contributed by atoms with Crippen LogP contribution in [-0.2, 0) is 15.8 Å². The fourth-order valence-corrected chi connectivity index (χ4v) is 5.22. The van der Waals surface area contributed by atoms with E-state index >= 15 is 0 Å². The number of carbonyl (C=O) groups is 1. The lowest BCUT2D eigenvalue weighted by molar-refractivity contribution is 0.0956. The topological polar surface area (TPSA) is 88.4 Å². The van der Waals surface area contributed by atoms with Crippen molar-refractivity contribution in [2.75, 3.05) is 17.0 Å². The molecule has 0 unspecified atom stereocenters. The molecule has 6 nitrogen and oxygen atoms in total. The van der Waals surface area contributed by atoms with Crippen LogP contribution < -0.4 is 10.0 Å². The van der Waals surface area contributed by atoms with E-state index in [0.717, 1.165) is 22.6 Å². The number of hydrogen-bond acceptors (Lipinski definition) is 5. The van der Waals surface area contributed by atoms with Gasteiger partial charge < -0.3 is 9.73 Å². The van der Waals surface area contributed by atoms with Gasteiger partial charge in [-0.05, 0) is 61.4 Å². The maximum atomic E-state index is 12.9. The zero-order chi connectivity index (χ0) is 22.4. The number of sulfonamides is 1. The lowest BCUT2D eigenvalue weighted by atomic mass is 10.1. The highest BCUT2D eigenvalue weighted by Gasteiger charge is 2.21. The predicted molar refractivity (Wildman–Crippen MR) is 125 cm³/mol. The van der Waals surface area contributed by atoms with Gasteiger partial charge in [0.15, 0.2) is 0 Å². The monoisotopic (exact) mass is 478 g/mol. The molecule has 1 amide bonds. The molecule has 0 aliphatic rings. The van der Waals surface area contributed by atoms with Crippen molar-refractivity contribution < 1.29 is 17.6 Å². The molecule has 1 heterocycles. The Morgan fingerprint density at radius 3 is 2.68 bits per heavy atom. The third-order valence-electron chi connectivity index (χ3n) is 4.69. The number of nitrogens with one attached hydrogen (secondary N) is 2. The van der Waals surface area contributed by atoms with Crippen LogP contribution in [0.1, 0.15) is 27.2 Å². The number of carbonyl (C=O) groups excluding carboxylic acids is 1. The Bertz CT molecular complexity index is 1160. The van der Waals surface area contributed by atoms with Crippen molar-refractivity contribution in [2.24, 2.45) is 0 Å². The second kappa shape index (κ2) is 10.3. The molecule has 31 heavy (non-hydrogen) atoms. The second-order valence-electron chi connectivity index (χ2n) is 6.89. The van der Waals surface area contributed by atoms with Gasteiger partial charge in [-0.3, -0.25) is 9.52 Å². The van der Waals surface area contributed by atoms with Crippen LogP contribution in [0.25, 0.3) is 0 Å². The SMILES string of the molecule is Cc1cccc(NS(=O)(=O)c2cc(C(=O)NCCSCc3ccco3)ccc2Cl)c1C. The second-order valence-corrected chi connectivity index (χ2v) is 10.0. The highest BCUT2D eigenvalue weighted by atomic mass is 35.5. The lowest BCUT2D eigenvalue weighted by Gasteiger charge is -2.14. The molecule has 0 bridgehead atoms. The van der Waals surface area contributed by atoms with Crippen molar-refractivity contribution in [1.29, 1.82) is 0 Å². The van der Waals surface area contributed by atoms with Crippen molar-refractivity contribution in [1.82, 2.24) is 5.32 Å². The Kier molecular flexibility index (Phi) is 7.69.